The summed E-state index contributed by atoms with van der Waals surface area (Å²) in [7, 11) is -3.83. The van der Waals surface area contributed by atoms with Crippen LogP contribution in [0.5, 0.6) is 0 Å². The van der Waals surface area contributed by atoms with Crippen molar-refractivity contribution in [2.24, 2.45) is 0 Å². The Bertz CT molecular complexity index is 603. The van der Waals surface area contributed by atoms with E-state index in [1.807, 2.05) is 6.92 Å². The van der Waals surface area contributed by atoms with E-state index in [2.05, 4.69) is 0 Å². The fraction of sp³-hybridized carbons (Fsp3) is 0.500. The first-order valence-electron chi connectivity index (χ1n) is 6.49. The number of rotatable bonds is 8. The molecule has 8 nitrogen and oxygen atoms in total. The van der Waals surface area contributed by atoms with Gasteiger partial charge < -0.3 is 10.8 Å². The van der Waals surface area contributed by atoms with E-state index in [1.54, 1.807) is 0 Å². The molecule has 1 rings (SSSR count). The van der Waals surface area contributed by atoms with E-state index in [0.717, 1.165) is 28.9 Å². The maximum atomic E-state index is 12.5. The number of nitrogens with zero attached hydrogens (tertiary/aromatic N) is 2. The van der Waals surface area contributed by atoms with Gasteiger partial charge in [0.1, 0.15) is 5.69 Å². The molecule has 0 bridgehead atoms. The molecule has 0 spiro atoms. The molecule has 0 unspecified atom stereocenters. The Morgan fingerprint density at radius 2 is 2.05 bits per heavy atom. The third-order valence-corrected chi connectivity index (χ3v) is 4.84. The number of hydrogen-bond acceptors (Lipinski definition) is 6. The van der Waals surface area contributed by atoms with Crippen LogP contribution in [0.2, 0.25) is 0 Å². The Morgan fingerprint density at radius 3 is 2.52 bits per heavy atom. The van der Waals surface area contributed by atoms with Gasteiger partial charge in [0.15, 0.2) is 0 Å². The Morgan fingerprint density at radius 1 is 1.38 bits per heavy atom. The van der Waals surface area contributed by atoms with Crippen molar-refractivity contribution < 1.29 is 18.4 Å². The van der Waals surface area contributed by atoms with Crippen LogP contribution in [0.3, 0.4) is 0 Å². The number of nitro groups is 1. The van der Waals surface area contributed by atoms with Gasteiger partial charge in [-0.1, -0.05) is 13.3 Å². The topological polar surface area (TPSA) is 127 Å². The third-order valence-electron chi connectivity index (χ3n) is 2.94. The zero-order chi connectivity index (χ0) is 16.0. The number of nitrogens with two attached hydrogens (primary N) is 1. The maximum absolute atomic E-state index is 12.5. The van der Waals surface area contributed by atoms with Crippen molar-refractivity contribution >= 4 is 21.4 Å². The normalized spacial score (nSPS) is 11.8. The first-order valence-corrected chi connectivity index (χ1v) is 7.93. The summed E-state index contributed by atoms with van der Waals surface area (Å²) in [5, 5.41) is 19.7. The van der Waals surface area contributed by atoms with Crippen molar-refractivity contribution in [3.05, 3.63) is 28.3 Å². The van der Waals surface area contributed by atoms with E-state index < -0.39 is 14.9 Å². The van der Waals surface area contributed by atoms with Gasteiger partial charge in [0.05, 0.1) is 16.4 Å². The molecule has 1 aromatic carbocycles. The molecule has 0 aliphatic carbocycles. The summed E-state index contributed by atoms with van der Waals surface area (Å²) in [6, 6.07) is 3.29. The molecule has 0 aliphatic heterocycles. The van der Waals surface area contributed by atoms with Gasteiger partial charge in [-0.15, -0.1) is 0 Å². The molecule has 0 radical (unpaired) electrons. The summed E-state index contributed by atoms with van der Waals surface area (Å²) >= 11 is 0. The monoisotopic (exact) mass is 317 g/mol. The summed E-state index contributed by atoms with van der Waals surface area (Å²) in [5.74, 6) is 0. The molecule has 0 saturated carbocycles. The molecule has 1 aromatic rings. The van der Waals surface area contributed by atoms with E-state index in [9.17, 15) is 18.5 Å². The van der Waals surface area contributed by atoms with Gasteiger partial charge in [-0.05, 0) is 18.6 Å². The summed E-state index contributed by atoms with van der Waals surface area (Å²) in [4.78, 5) is 9.91. The smallest absolute Gasteiger partial charge is 0.292 e. The summed E-state index contributed by atoms with van der Waals surface area (Å²) in [5.41, 5.74) is 4.97. The molecular weight excluding hydrogens is 298 g/mol. The highest BCUT2D eigenvalue weighted by atomic mass is 32.2. The first-order chi connectivity index (χ1) is 9.84. The van der Waals surface area contributed by atoms with Crippen LogP contribution >= 0.6 is 0 Å². The van der Waals surface area contributed by atoms with Crippen molar-refractivity contribution in [1.82, 2.24) is 4.31 Å². The average Bonchev–Trinajstić information content (AvgIpc) is 2.42. The van der Waals surface area contributed by atoms with Gasteiger partial charge in [0.25, 0.3) is 5.69 Å². The summed E-state index contributed by atoms with van der Waals surface area (Å²) in [6.45, 7) is 1.87. The number of aliphatic hydroxyl groups is 1. The average molecular weight is 317 g/mol. The molecule has 0 atom stereocenters. The lowest BCUT2D eigenvalue weighted by Gasteiger charge is -2.21. The van der Waals surface area contributed by atoms with Gasteiger partial charge in [0, 0.05) is 19.2 Å². The van der Waals surface area contributed by atoms with Crippen LogP contribution in [-0.2, 0) is 10.0 Å². The first kappa shape index (κ1) is 17.3. The largest absolute Gasteiger partial charge is 0.395 e. The molecule has 0 heterocycles. The van der Waals surface area contributed by atoms with E-state index in [-0.39, 0.29) is 36.0 Å². The number of hydrogen-bond donors (Lipinski definition) is 2. The van der Waals surface area contributed by atoms with Crippen molar-refractivity contribution in [1.29, 1.82) is 0 Å². The van der Waals surface area contributed by atoms with E-state index >= 15 is 0 Å². The van der Waals surface area contributed by atoms with Crippen molar-refractivity contribution in [3.63, 3.8) is 0 Å². The molecule has 0 amide bonds. The summed E-state index contributed by atoms with van der Waals surface area (Å²) in [6.07, 6.45) is 1.46. The molecule has 0 aliphatic rings. The predicted octanol–water partition coefficient (Wildman–Crippen LogP) is 0.960. The molecule has 118 valence electrons. The van der Waals surface area contributed by atoms with Crippen molar-refractivity contribution in [3.8, 4) is 0 Å². The lowest BCUT2D eigenvalue weighted by molar-refractivity contribution is -0.383. The van der Waals surface area contributed by atoms with Crippen molar-refractivity contribution in [2.75, 3.05) is 25.4 Å². The van der Waals surface area contributed by atoms with Gasteiger partial charge in [-0.2, -0.15) is 4.31 Å². The zero-order valence-electron chi connectivity index (χ0n) is 11.7. The second-order valence-corrected chi connectivity index (χ2v) is 6.40. The quantitative estimate of drug-likeness (QED) is 0.417. The van der Waals surface area contributed by atoms with Crippen LogP contribution in [0.1, 0.15) is 19.8 Å². The minimum atomic E-state index is -3.83. The number of anilines is 1. The van der Waals surface area contributed by atoms with Gasteiger partial charge in [0.2, 0.25) is 10.0 Å². The van der Waals surface area contributed by atoms with Crippen LogP contribution in [0.4, 0.5) is 11.4 Å². The molecule has 0 saturated heterocycles. The molecule has 9 heteroatoms. The highest BCUT2D eigenvalue weighted by Crippen LogP contribution is 2.26. The summed E-state index contributed by atoms with van der Waals surface area (Å²) < 4.78 is 26.1. The highest BCUT2D eigenvalue weighted by Gasteiger charge is 2.25. The molecular formula is C12H19N3O5S. The SMILES string of the molecule is CCCCN(CCO)S(=O)(=O)c1ccc([N+](=O)[O-])c(N)c1. The lowest BCUT2D eigenvalue weighted by atomic mass is 10.3. The molecule has 0 aromatic heterocycles. The van der Waals surface area contributed by atoms with E-state index in [4.69, 9.17) is 10.8 Å². The van der Waals surface area contributed by atoms with E-state index in [0.29, 0.717) is 6.42 Å². The predicted molar refractivity (Wildman–Crippen MR) is 78.3 cm³/mol. The fourth-order valence-electron chi connectivity index (χ4n) is 1.81. The number of nitro benzene ring substituents is 1. The number of benzene rings is 1. The van der Waals surface area contributed by atoms with Gasteiger partial charge >= 0.3 is 0 Å². The Hall–Kier alpha value is -1.71. The van der Waals surface area contributed by atoms with Crippen LogP contribution < -0.4 is 5.73 Å². The number of unbranched alkanes of at least 4 members (excludes halogenated alkanes) is 1. The maximum Gasteiger partial charge on any atom is 0.292 e. The fourth-order valence-corrected chi connectivity index (χ4v) is 3.31. The van der Waals surface area contributed by atoms with Gasteiger partial charge in [-0.3, -0.25) is 10.1 Å². The second kappa shape index (κ2) is 7.34. The second-order valence-electron chi connectivity index (χ2n) is 4.46. The number of aliphatic hydroxyl groups excluding tert-OH is 1. The zero-order valence-corrected chi connectivity index (χ0v) is 12.5. The van der Waals surface area contributed by atoms with Crippen LogP contribution in [0.25, 0.3) is 0 Å². The highest BCUT2D eigenvalue weighted by molar-refractivity contribution is 7.89. The third kappa shape index (κ3) is 4.13. The minimum absolute atomic E-state index is 0.0285. The van der Waals surface area contributed by atoms with Crippen LogP contribution in [0, 0.1) is 10.1 Å². The Labute approximate surface area is 123 Å². The van der Waals surface area contributed by atoms with Crippen LogP contribution in [-0.4, -0.2) is 42.4 Å². The van der Waals surface area contributed by atoms with Crippen LogP contribution in [0.15, 0.2) is 23.1 Å². The van der Waals surface area contributed by atoms with E-state index in [1.165, 1.54) is 0 Å². The number of nitrogen functional groups attached to an aromatic ring is 1. The van der Waals surface area contributed by atoms with Gasteiger partial charge in [-0.25, -0.2) is 8.42 Å². The number of sulfonamides is 1. The standard InChI is InChI=1S/C12H19N3O5S/c1-2-3-6-14(7-8-16)21(19,20)10-4-5-12(15(17)18)11(13)9-10/h4-5,9,16H,2-3,6-8,13H2,1H3. The molecule has 21 heavy (non-hydrogen) atoms. The Kier molecular flexibility index (Phi) is 6.06. The van der Waals surface area contributed by atoms with Crippen molar-refractivity contribution in [2.45, 2.75) is 24.7 Å². The minimum Gasteiger partial charge on any atom is -0.395 e. The lowest BCUT2D eigenvalue weighted by Crippen LogP contribution is -2.34. The molecule has 3 N–H and O–H groups in total. The Balaban J connectivity index is 3.15. The molecule has 0 fully saturated rings.